The van der Waals surface area contributed by atoms with Gasteiger partial charge in [-0.15, -0.1) is 0 Å². The first kappa shape index (κ1) is 15.6. The summed E-state index contributed by atoms with van der Waals surface area (Å²) in [6.45, 7) is 1.62. The minimum atomic E-state index is -0.639. The smallest absolute Gasteiger partial charge is 0.239 e. The van der Waals surface area contributed by atoms with Gasteiger partial charge in [0.1, 0.15) is 5.92 Å². The van der Waals surface area contributed by atoms with Crippen molar-refractivity contribution in [1.82, 2.24) is 4.90 Å². The molecule has 0 radical (unpaired) electrons. The molecule has 2 atom stereocenters. The molecule has 2 saturated heterocycles. The van der Waals surface area contributed by atoms with Gasteiger partial charge in [0.15, 0.2) is 0 Å². The lowest BCUT2D eigenvalue weighted by molar-refractivity contribution is -0.139. The van der Waals surface area contributed by atoms with E-state index in [1.54, 1.807) is 28.0 Å². The molecule has 2 heterocycles. The number of halogens is 2. The molecule has 2 amide bonds. The van der Waals surface area contributed by atoms with Crippen LogP contribution in [0, 0.1) is 5.92 Å². The Balaban J connectivity index is 1.77. The Morgan fingerprint density at radius 1 is 1.23 bits per heavy atom. The Bertz CT molecular complexity index is 623. The molecule has 7 heteroatoms. The van der Waals surface area contributed by atoms with Gasteiger partial charge < -0.3 is 15.5 Å². The van der Waals surface area contributed by atoms with E-state index in [-0.39, 0.29) is 17.9 Å². The predicted octanol–water partition coefficient (Wildman–Crippen LogP) is 1.91. The summed E-state index contributed by atoms with van der Waals surface area (Å²) in [4.78, 5) is 28.3. The second kappa shape index (κ2) is 6.07. The van der Waals surface area contributed by atoms with E-state index in [0.29, 0.717) is 41.8 Å². The van der Waals surface area contributed by atoms with Crippen LogP contribution in [-0.2, 0) is 9.59 Å². The molecule has 0 unspecified atom stereocenters. The third-order valence-corrected chi connectivity index (χ3v) is 4.79. The highest BCUT2D eigenvalue weighted by molar-refractivity contribution is 6.36. The summed E-state index contributed by atoms with van der Waals surface area (Å²) in [5.41, 5.74) is 6.39. The molecule has 5 nitrogen and oxygen atoms in total. The summed E-state index contributed by atoms with van der Waals surface area (Å²) in [6, 6.07) is 4.99. The molecule has 22 heavy (non-hydrogen) atoms. The highest BCUT2D eigenvalue weighted by atomic mass is 35.5. The SMILES string of the molecule is N[C@H]1CCN(C(=O)[C@H]2CCN(c3cc(Cl)ccc3Cl)C2=O)C1. The van der Waals surface area contributed by atoms with Crippen molar-refractivity contribution in [2.45, 2.75) is 18.9 Å². The van der Waals surface area contributed by atoms with Crippen LogP contribution >= 0.6 is 23.2 Å². The Morgan fingerprint density at radius 3 is 2.68 bits per heavy atom. The van der Waals surface area contributed by atoms with E-state index >= 15 is 0 Å². The molecule has 2 aliphatic heterocycles. The summed E-state index contributed by atoms with van der Waals surface area (Å²) >= 11 is 12.1. The second-order valence-corrected chi connectivity index (χ2v) is 6.60. The Hall–Kier alpha value is -1.30. The number of carbonyl (C=O) groups is 2. The molecular weight excluding hydrogens is 325 g/mol. The molecule has 2 aliphatic rings. The van der Waals surface area contributed by atoms with Crippen LogP contribution in [0.1, 0.15) is 12.8 Å². The standard InChI is InChI=1S/C15H17Cl2N3O2/c16-9-1-2-12(17)13(7-9)20-6-4-11(15(20)22)14(21)19-5-3-10(18)8-19/h1-2,7,10-11H,3-6,8,18H2/t10-,11+/m0/s1. The van der Waals surface area contributed by atoms with E-state index in [1.165, 1.54) is 0 Å². The van der Waals surface area contributed by atoms with Gasteiger partial charge >= 0.3 is 0 Å². The number of hydrogen-bond donors (Lipinski definition) is 1. The summed E-state index contributed by atoms with van der Waals surface area (Å²) in [5.74, 6) is -0.978. The first-order valence-corrected chi connectivity index (χ1v) is 8.04. The van der Waals surface area contributed by atoms with Crippen molar-refractivity contribution in [2.75, 3.05) is 24.5 Å². The van der Waals surface area contributed by atoms with Crippen molar-refractivity contribution in [1.29, 1.82) is 0 Å². The first-order valence-electron chi connectivity index (χ1n) is 7.28. The maximum Gasteiger partial charge on any atom is 0.239 e. The number of likely N-dealkylation sites (tertiary alicyclic amines) is 1. The van der Waals surface area contributed by atoms with Crippen molar-refractivity contribution in [3.8, 4) is 0 Å². The predicted molar refractivity (Wildman–Crippen MR) is 86.1 cm³/mol. The van der Waals surface area contributed by atoms with Crippen LogP contribution in [0.25, 0.3) is 0 Å². The molecule has 0 aliphatic carbocycles. The topological polar surface area (TPSA) is 66.6 Å². The van der Waals surface area contributed by atoms with Gasteiger partial charge in [0, 0.05) is 30.7 Å². The normalized spacial score (nSPS) is 25.1. The average molecular weight is 342 g/mol. The Morgan fingerprint density at radius 2 is 2.00 bits per heavy atom. The maximum atomic E-state index is 12.6. The minimum absolute atomic E-state index is 0.0129. The number of nitrogens with two attached hydrogens (primary N) is 1. The van der Waals surface area contributed by atoms with Crippen molar-refractivity contribution in [3.05, 3.63) is 28.2 Å². The van der Waals surface area contributed by atoms with E-state index < -0.39 is 5.92 Å². The molecule has 2 N–H and O–H groups in total. The first-order chi connectivity index (χ1) is 10.5. The number of amides is 2. The summed E-state index contributed by atoms with van der Waals surface area (Å²) in [5, 5.41) is 0.960. The van der Waals surface area contributed by atoms with Gasteiger partial charge in [-0.05, 0) is 31.0 Å². The van der Waals surface area contributed by atoms with E-state index in [1.807, 2.05) is 0 Å². The summed E-state index contributed by atoms with van der Waals surface area (Å²) < 4.78 is 0. The summed E-state index contributed by atoms with van der Waals surface area (Å²) in [7, 11) is 0. The molecule has 0 spiro atoms. The zero-order chi connectivity index (χ0) is 15.9. The van der Waals surface area contributed by atoms with Gasteiger partial charge in [-0.25, -0.2) is 0 Å². The number of nitrogens with zero attached hydrogens (tertiary/aromatic N) is 2. The molecule has 0 aromatic heterocycles. The van der Waals surface area contributed by atoms with Crippen LogP contribution in [0.4, 0.5) is 5.69 Å². The van der Waals surface area contributed by atoms with E-state index in [4.69, 9.17) is 28.9 Å². The number of hydrogen-bond acceptors (Lipinski definition) is 3. The van der Waals surface area contributed by atoms with Crippen LogP contribution in [0.15, 0.2) is 18.2 Å². The molecular formula is C15H17Cl2N3O2. The van der Waals surface area contributed by atoms with Gasteiger partial charge in [-0.1, -0.05) is 23.2 Å². The third kappa shape index (κ3) is 2.81. The average Bonchev–Trinajstić information content (AvgIpc) is 3.07. The lowest BCUT2D eigenvalue weighted by Gasteiger charge is -2.21. The number of carbonyl (C=O) groups excluding carboxylic acids is 2. The molecule has 0 bridgehead atoms. The largest absolute Gasteiger partial charge is 0.340 e. The lowest BCUT2D eigenvalue weighted by Crippen LogP contribution is -2.40. The van der Waals surface area contributed by atoms with Crippen LogP contribution in [0.5, 0.6) is 0 Å². The van der Waals surface area contributed by atoms with Gasteiger partial charge in [0.05, 0.1) is 10.7 Å². The fraction of sp³-hybridized carbons (Fsp3) is 0.467. The fourth-order valence-corrected chi connectivity index (χ4v) is 3.43. The van der Waals surface area contributed by atoms with Crippen molar-refractivity contribution < 1.29 is 9.59 Å². The molecule has 1 aromatic carbocycles. The van der Waals surface area contributed by atoms with Crippen LogP contribution in [-0.4, -0.2) is 42.4 Å². The molecule has 0 saturated carbocycles. The van der Waals surface area contributed by atoms with Gasteiger partial charge in [-0.2, -0.15) is 0 Å². The molecule has 1 aromatic rings. The highest BCUT2D eigenvalue weighted by Crippen LogP contribution is 2.34. The second-order valence-electron chi connectivity index (χ2n) is 5.76. The van der Waals surface area contributed by atoms with Gasteiger partial charge in [0.2, 0.25) is 11.8 Å². The fourth-order valence-electron chi connectivity index (χ4n) is 3.05. The lowest BCUT2D eigenvalue weighted by atomic mass is 10.1. The summed E-state index contributed by atoms with van der Waals surface area (Å²) in [6.07, 6.45) is 1.28. The number of anilines is 1. The van der Waals surface area contributed by atoms with E-state index in [0.717, 1.165) is 6.42 Å². The number of rotatable bonds is 2. The highest BCUT2D eigenvalue weighted by Gasteiger charge is 2.41. The molecule has 2 fully saturated rings. The molecule has 118 valence electrons. The van der Waals surface area contributed by atoms with Crippen LogP contribution < -0.4 is 10.6 Å². The zero-order valence-corrected chi connectivity index (χ0v) is 13.5. The monoisotopic (exact) mass is 341 g/mol. The zero-order valence-electron chi connectivity index (χ0n) is 12.0. The van der Waals surface area contributed by atoms with Crippen molar-refractivity contribution >= 4 is 40.7 Å². The molecule has 3 rings (SSSR count). The number of benzene rings is 1. The quantitative estimate of drug-likeness (QED) is 0.835. The van der Waals surface area contributed by atoms with Crippen molar-refractivity contribution in [3.63, 3.8) is 0 Å². The minimum Gasteiger partial charge on any atom is -0.340 e. The Labute approximate surface area is 138 Å². The van der Waals surface area contributed by atoms with Gasteiger partial charge in [-0.3, -0.25) is 9.59 Å². The Kier molecular flexibility index (Phi) is 4.30. The van der Waals surface area contributed by atoms with Crippen LogP contribution in [0.2, 0.25) is 10.0 Å². The van der Waals surface area contributed by atoms with Gasteiger partial charge in [0.25, 0.3) is 0 Å². The van der Waals surface area contributed by atoms with Crippen molar-refractivity contribution in [2.24, 2.45) is 11.7 Å². The third-order valence-electron chi connectivity index (χ3n) is 4.24. The van der Waals surface area contributed by atoms with Crippen LogP contribution in [0.3, 0.4) is 0 Å². The van der Waals surface area contributed by atoms with E-state index in [9.17, 15) is 9.59 Å². The maximum absolute atomic E-state index is 12.6. The van der Waals surface area contributed by atoms with E-state index in [2.05, 4.69) is 0 Å².